The SMILES string of the molecule is COCc1noc(C(O)CN)n1. The van der Waals surface area contributed by atoms with Gasteiger partial charge in [0.1, 0.15) is 12.7 Å². The summed E-state index contributed by atoms with van der Waals surface area (Å²) in [5.74, 6) is 0.532. The zero-order valence-electron chi connectivity index (χ0n) is 6.73. The van der Waals surface area contributed by atoms with Gasteiger partial charge in [-0.1, -0.05) is 5.16 Å². The number of methoxy groups -OCH3 is 1. The molecule has 1 atom stereocenters. The van der Waals surface area contributed by atoms with Crippen LogP contribution in [0.15, 0.2) is 4.52 Å². The van der Waals surface area contributed by atoms with Gasteiger partial charge in [0.15, 0.2) is 5.82 Å². The first-order valence-electron chi connectivity index (χ1n) is 3.47. The minimum atomic E-state index is -0.886. The van der Waals surface area contributed by atoms with Gasteiger partial charge in [0, 0.05) is 13.7 Å². The summed E-state index contributed by atoms with van der Waals surface area (Å²) in [6.45, 7) is 0.329. The number of rotatable bonds is 4. The summed E-state index contributed by atoms with van der Waals surface area (Å²) in [4.78, 5) is 3.84. The summed E-state index contributed by atoms with van der Waals surface area (Å²) < 4.78 is 9.46. The molecule has 6 nitrogen and oxygen atoms in total. The highest BCUT2D eigenvalue weighted by Gasteiger charge is 2.13. The third-order valence-electron chi connectivity index (χ3n) is 1.27. The molecule has 68 valence electrons. The van der Waals surface area contributed by atoms with Crippen LogP contribution in [0.1, 0.15) is 17.8 Å². The molecule has 1 unspecified atom stereocenters. The molecule has 12 heavy (non-hydrogen) atoms. The fourth-order valence-electron chi connectivity index (χ4n) is 0.691. The molecule has 0 aromatic carbocycles. The summed E-state index contributed by atoms with van der Waals surface area (Å²) in [5, 5.41) is 12.7. The van der Waals surface area contributed by atoms with Crippen LogP contribution in [0.5, 0.6) is 0 Å². The van der Waals surface area contributed by atoms with E-state index in [2.05, 4.69) is 10.1 Å². The predicted octanol–water partition coefficient (Wildman–Crippen LogP) is -0.792. The van der Waals surface area contributed by atoms with Crippen molar-refractivity contribution in [3.05, 3.63) is 11.7 Å². The summed E-state index contributed by atoms with van der Waals surface area (Å²) in [5.41, 5.74) is 5.18. The van der Waals surface area contributed by atoms with Crippen LogP contribution >= 0.6 is 0 Å². The van der Waals surface area contributed by atoms with Gasteiger partial charge in [-0.05, 0) is 0 Å². The molecule has 3 N–H and O–H groups in total. The maximum absolute atomic E-state index is 9.15. The van der Waals surface area contributed by atoms with Gasteiger partial charge in [-0.2, -0.15) is 4.98 Å². The van der Waals surface area contributed by atoms with Gasteiger partial charge in [-0.15, -0.1) is 0 Å². The van der Waals surface area contributed by atoms with Crippen LogP contribution < -0.4 is 5.73 Å². The molecule has 0 saturated heterocycles. The summed E-state index contributed by atoms with van der Waals surface area (Å²) in [6, 6.07) is 0. The maximum Gasteiger partial charge on any atom is 0.256 e. The fraction of sp³-hybridized carbons (Fsp3) is 0.667. The van der Waals surface area contributed by atoms with Crippen LogP contribution in [0.2, 0.25) is 0 Å². The van der Waals surface area contributed by atoms with Gasteiger partial charge in [-0.3, -0.25) is 0 Å². The zero-order chi connectivity index (χ0) is 8.97. The largest absolute Gasteiger partial charge is 0.382 e. The molecule has 0 radical (unpaired) electrons. The Balaban J connectivity index is 2.63. The van der Waals surface area contributed by atoms with Gasteiger partial charge in [0.2, 0.25) is 0 Å². The molecule has 0 bridgehead atoms. The predicted molar refractivity (Wildman–Crippen MR) is 39.0 cm³/mol. The Hall–Kier alpha value is -0.980. The van der Waals surface area contributed by atoms with Gasteiger partial charge >= 0.3 is 0 Å². The van der Waals surface area contributed by atoms with Gasteiger partial charge < -0.3 is 20.1 Å². The van der Waals surface area contributed by atoms with Crippen molar-refractivity contribution in [2.24, 2.45) is 5.73 Å². The molecular formula is C6H11N3O3. The molecule has 0 aliphatic rings. The van der Waals surface area contributed by atoms with Crippen LogP contribution in [0.4, 0.5) is 0 Å². The topological polar surface area (TPSA) is 94.4 Å². The lowest BCUT2D eigenvalue weighted by atomic mass is 10.4. The summed E-state index contributed by atoms with van der Waals surface area (Å²) in [6.07, 6.45) is -0.886. The third-order valence-corrected chi connectivity index (χ3v) is 1.27. The van der Waals surface area contributed by atoms with Crippen LogP contribution in [0, 0.1) is 0 Å². The van der Waals surface area contributed by atoms with Crippen molar-refractivity contribution in [2.75, 3.05) is 13.7 Å². The lowest BCUT2D eigenvalue weighted by Gasteiger charge is -1.97. The minimum absolute atomic E-state index is 0.0641. The van der Waals surface area contributed by atoms with Crippen molar-refractivity contribution in [3.63, 3.8) is 0 Å². The minimum Gasteiger partial charge on any atom is -0.382 e. The second-order valence-corrected chi connectivity index (χ2v) is 2.23. The summed E-state index contributed by atoms with van der Waals surface area (Å²) >= 11 is 0. The number of ether oxygens (including phenoxy) is 1. The molecule has 6 heteroatoms. The lowest BCUT2D eigenvalue weighted by Crippen LogP contribution is -2.11. The van der Waals surface area contributed by atoms with Crippen LogP contribution in [-0.4, -0.2) is 28.9 Å². The highest BCUT2D eigenvalue weighted by atomic mass is 16.5. The Morgan fingerprint density at radius 3 is 3.08 bits per heavy atom. The molecule has 0 fully saturated rings. The molecule has 0 aliphatic heterocycles. The molecule has 1 heterocycles. The third kappa shape index (κ3) is 2.00. The number of hydrogen-bond acceptors (Lipinski definition) is 6. The quantitative estimate of drug-likeness (QED) is 0.619. The smallest absolute Gasteiger partial charge is 0.256 e. The molecule has 0 spiro atoms. The van der Waals surface area contributed by atoms with Crippen molar-refractivity contribution in [2.45, 2.75) is 12.7 Å². The number of aromatic nitrogens is 2. The Labute approximate surface area is 69.3 Å². The highest BCUT2D eigenvalue weighted by Crippen LogP contribution is 2.07. The van der Waals surface area contributed by atoms with Crippen molar-refractivity contribution < 1.29 is 14.4 Å². The maximum atomic E-state index is 9.15. The Morgan fingerprint density at radius 2 is 2.50 bits per heavy atom. The van der Waals surface area contributed by atoms with E-state index in [1.54, 1.807) is 0 Å². The van der Waals surface area contributed by atoms with E-state index < -0.39 is 6.10 Å². The van der Waals surface area contributed by atoms with E-state index in [4.69, 9.17) is 20.1 Å². The Bertz CT molecular complexity index is 238. The number of nitrogens with zero attached hydrogens (tertiary/aromatic N) is 2. The van der Waals surface area contributed by atoms with E-state index in [1.165, 1.54) is 7.11 Å². The molecule has 0 aliphatic carbocycles. The van der Waals surface area contributed by atoms with E-state index in [0.717, 1.165) is 0 Å². The van der Waals surface area contributed by atoms with E-state index in [0.29, 0.717) is 5.82 Å². The van der Waals surface area contributed by atoms with Crippen molar-refractivity contribution in [1.82, 2.24) is 10.1 Å². The first-order chi connectivity index (χ1) is 5.77. The monoisotopic (exact) mass is 173 g/mol. The average Bonchev–Trinajstić information content (AvgIpc) is 2.52. The molecule has 1 rings (SSSR count). The number of nitrogens with two attached hydrogens (primary N) is 1. The van der Waals surface area contributed by atoms with Crippen LogP contribution in [0.3, 0.4) is 0 Å². The van der Waals surface area contributed by atoms with E-state index in [-0.39, 0.29) is 19.0 Å². The van der Waals surface area contributed by atoms with Gasteiger partial charge in [0.25, 0.3) is 5.89 Å². The average molecular weight is 173 g/mol. The first-order valence-corrected chi connectivity index (χ1v) is 3.47. The summed E-state index contributed by atoms with van der Waals surface area (Å²) in [7, 11) is 1.52. The highest BCUT2D eigenvalue weighted by molar-refractivity contribution is 4.88. The zero-order valence-corrected chi connectivity index (χ0v) is 6.73. The molecule has 1 aromatic rings. The van der Waals surface area contributed by atoms with Crippen LogP contribution in [-0.2, 0) is 11.3 Å². The molecule has 1 aromatic heterocycles. The number of aliphatic hydroxyl groups excluding tert-OH is 1. The van der Waals surface area contributed by atoms with Crippen LogP contribution in [0.25, 0.3) is 0 Å². The number of aliphatic hydroxyl groups is 1. The van der Waals surface area contributed by atoms with Gasteiger partial charge in [-0.25, -0.2) is 0 Å². The van der Waals surface area contributed by atoms with Crippen molar-refractivity contribution >= 4 is 0 Å². The lowest BCUT2D eigenvalue weighted by molar-refractivity contribution is 0.141. The second kappa shape index (κ2) is 4.15. The normalized spacial score (nSPS) is 13.2. The Morgan fingerprint density at radius 1 is 1.75 bits per heavy atom. The second-order valence-electron chi connectivity index (χ2n) is 2.23. The first kappa shape index (κ1) is 9.11. The van der Waals surface area contributed by atoms with Crippen molar-refractivity contribution in [3.8, 4) is 0 Å². The standard InChI is InChI=1S/C6H11N3O3/c1-11-3-5-8-6(12-9-5)4(10)2-7/h4,10H,2-3,7H2,1H3. The Kier molecular flexibility index (Phi) is 3.15. The fourth-order valence-corrected chi connectivity index (χ4v) is 0.691. The van der Waals surface area contributed by atoms with Crippen molar-refractivity contribution in [1.29, 1.82) is 0 Å². The van der Waals surface area contributed by atoms with E-state index in [9.17, 15) is 0 Å². The van der Waals surface area contributed by atoms with Gasteiger partial charge in [0.05, 0.1) is 0 Å². The molecular weight excluding hydrogens is 162 g/mol. The number of hydrogen-bond donors (Lipinski definition) is 2. The molecule has 0 saturated carbocycles. The van der Waals surface area contributed by atoms with E-state index in [1.807, 2.05) is 0 Å². The molecule has 0 amide bonds. The van der Waals surface area contributed by atoms with E-state index >= 15 is 0 Å².